The van der Waals surface area contributed by atoms with E-state index in [-0.39, 0.29) is 5.56 Å². The van der Waals surface area contributed by atoms with Crippen molar-refractivity contribution >= 4 is 23.1 Å². The molecule has 1 saturated heterocycles. The molecule has 1 fully saturated rings. The standard InChI is InChI=1S/C23H28N6O/c1-14-12-20(15(2)11-18(14)17-6-9-24-10-7-17)28-23-26-13-16(3)21(29-23)27-19-5-4-8-25-22(19)30/h4-5,8,11-13,17,24H,6-7,9-10H2,1-3H3,(H,25,30)(H2,26,27,28,29). The minimum absolute atomic E-state index is 0.190. The predicted molar refractivity (Wildman–Crippen MR) is 121 cm³/mol. The second-order valence-corrected chi connectivity index (χ2v) is 7.94. The van der Waals surface area contributed by atoms with Crippen LogP contribution in [0.3, 0.4) is 0 Å². The summed E-state index contributed by atoms with van der Waals surface area (Å²) in [5.41, 5.74) is 6.02. The van der Waals surface area contributed by atoms with Crippen molar-refractivity contribution in [2.24, 2.45) is 0 Å². The molecule has 0 radical (unpaired) electrons. The van der Waals surface area contributed by atoms with Crippen molar-refractivity contribution < 1.29 is 0 Å². The number of aromatic amines is 1. The van der Waals surface area contributed by atoms with E-state index in [1.165, 1.54) is 29.5 Å². The van der Waals surface area contributed by atoms with Gasteiger partial charge in [0.05, 0.1) is 0 Å². The van der Waals surface area contributed by atoms with Crippen LogP contribution in [-0.2, 0) is 0 Å². The van der Waals surface area contributed by atoms with Gasteiger partial charge in [-0.2, -0.15) is 4.98 Å². The monoisotopic (exact) mass is 404 g/mol. The minimum Gasteiger partial charge on any atom is -0.335 e. The van der Waals surface area contributed by atoms with Gasteiger partial charge in [-0.15, -0.1) is 0 Å². The quantitative estimate of drug-likeness (QED) is 0.513. The Morgan fingerprint density at radius 1 is 1.00 bits per heavy atom. The van der Waals surface area contributed by atoms with Crippen molar-refractivity contribution in [3.05, 3.63) is 69.3 Å². The summed E-state index contributed by atoms with van der Waals surface area (Å²) < 4.78 is 0. The highest BCUT2D eigenvalue weighted by atomic mass is 16.1. The van der Waals surface area contributed by atoms with E-state index in [0.717, 1.165) is 24.3 Å². The van der Waals surface area contributed by atoms with E-state index in [2.05, 4.69) is 56.9 Å². The van der Waals surface area contributed by atoms with Crippen LogP contribution in [0, 0.1) is 20.8 Å². The van der Waals surface area contributed by atoms with Crippen LogP contribution in [0.2, 0.25) is 0 Å². The predicted octanol–water partition coefficient (Wildman–Crippen LogP) is 4.04. The number of benzene rings is 1. The highest BCUT2D eigenvalue weighted by Gasteiger charge is 2.18. The van der Waals surface area contributed by atoms with Crippen LogP contribution in [0.5, 0.6) is 0 Å². The second-order valence-electron chi connectivity index (χ2n) is 7.94. The Bertz CT molecular complexity index is 1100. The van der Waals surface area contributed by atoms with E-state index < -0.39 is 0 Å². The molecule has 0 unspecified atom stereocenters. The number of aryl methyl sites for hydroxylation is 3. The number of nitrogens with zero attached hydrogens (tertiary/aromatic N) is 2. The van der Waals surface area contributed by atoms with Crippen LogP contribution >= 0.6 is 0 Å². The third-order valence-electron chi connectivity index (χ3n) is 5.68. The Hall–Kier alpha value is -3.19. The maximum atomic E-state index is 12.0. The number of anilines is 4. The smallest absolute Gasteiger partial charge is 0.271 e. The molecule has 0 aliphatic carbocycles. The van der Waals surface area contributed by atoms with Gasteiger partial charge in [0.2, 0.25) is 5.95 Å². The maximum absolute atomic E-state index is 12.0. The molecule has 7 heteroatoms. The fraction of sp³-hybridized carbons (Fsp3) is 0.348. The summed E-state index contributed by atoms with van der Waals surface area (Å²) in [7, 11) is 0. The molecule has 1 aromatic carbocycles. The number of piperidine rings is 1. The SMILES string of the molecule is Cc1cc(C2CCNCC2)c(C)cc1Nc1ncc(C)c(Nc2ccc[nH]c2=O)n1. The van der Waals surface area contributed by atoms with E-state index in [1.807, 2.05) is 6.92 Å². The molecule has 0 amide bonds. The normalized spacial score (nSPS) is 14.5. The summed E-state index contributed by atoms with van der Waals surface area (Å²) in [4.78, 5) is 23.7. The van der Waals surface area contributed by atoms with Gasteiger partial charge in [-0.05, 0) is 87.5 Å². The average Bonchev–Trinajstić information content (AvgIpc) is 2.75. The van der Waals surface area contributed by atoms with Gasteiger partial charge in [0.15, 0.2) is 0 Å². The van der Waals surface area contributed by atoms with Gasteiger partial charge >= 0.3 is 0 Å². The van der Waals surface area contributed by atoms with E-state index in [1.54, 1.807) is 24.5 Å². The Morgan fingerprint density at radius 3 is 2.57 bits per heavy atom. The largest absolute Gasteiger partial charge is 0.335 e. The molecule has 30 heavy (non-hydrogen) atoms. The van der Waals surface area contributed by atoms with E-state index in [9.17, 15) is 4.79 Å². The number of H-pyrrole nitrogens is 1. The van der Waals surface area contributed by atoms with E-state index in [4.69, 9.17) is 0 Å². The zero-order valence-electron chi connectivity index (χ0n) is 17.7. The number of nitrogens with one attached hydrogen (secondary N) is 4. The highest BCUT2D eigenvalue weighted by Crippen LogP contribution is 2.32. The Morgan fingerprint density at radius 2 is 1.80 bits per heavy atom. The molecule has 156 valence electrons. The molecule has 3 heterocycles. The van der Waals surface area contributed by atoms with Crippen molar-refractivity contribution in [1.82, 2.24) is 20.3 Å². The zero-order chi connectivity index (χ0) is 21.1. The van der Waals surface area contributed by atoms with Gasteiger partial charge in [0.1, 0.15) is 11.5 Å². The summed E-state index contributed by atoms with van der Waals surface area (Å²) in [6.45, 7) is 8.36. The van der Waals surface area contributed by atoms with E-state index in [0.29, 0.717) is 23.4 Å². The fourth-order valence-electron chi connectivity index (χ4n) is 3.94. The molecule has 4 N–H and O–H groups in total. The number of aromatic nitrogens is 3. The number of hydrogen-bond acceptors (Lipinski definition) is 6. The number of rotatable bonds is 5. The molecular formula is C23H28N6O. The summed E-state index contributed by atoms with van der Waals surface area (Å²) in [6, 6.07) is 7.98. The lowest BCUT2D eigenvalue weighted by Crippen LogP contribution is -2.27. The fourth-order valence-corrected chi connectivity index (χ4v) is 3.94. The molecule has 2 aromatic heterocycles. The van der Waals surface area contributed by atoms with Crippen LogP contribution in [0.1, 0.15) is 41.0 Å². The van der Waals surface area contributed by atoms with Crippen molar-refractivity contribution in [1.29, 1.82) is 0 Å². The third kappa shape index (κ3) is 4.36. The lowest BCUT2D eigenvalue weighted by Gasteiger charge is -2.25. The van der Waals surface area contributed by atoms with Crippen molar-refractivity contribution in [3.63, 3.8) is 0 Å². The lowest BCUT2D eigenvalue weighted by molar-refractivity contribution is 0.459. The van der Waals surface area contributed by atoms with Crippen LogP contribution in [0.15, 0.2) is 41.5 Å². The first-order valence-corrected chi connectivity index (χ1v) is 10.4. The topological polar surface area (TPSA) is 94.7 Å². The summed E-state index contributed by atoms with van der Waals surface area (Å²) in [6.07, 6.45) is 5.72. The van der Waals surface area contributed by atoms with Gasteiger partial charge in [-0.1, -0.05) is 6.07 Å². The second kappa shape index (κ2) is 8.67. The van der Waals surface area contributed by atoms with Crippen molar-refractivity contribution in [3.8, 4) is 0 Å². The first-order chi connectivity index (χ1) is 14.5. The van der Waals surface area contributed by atoms with Gasteiger partial charge in [0.25, 0.3) is 5.56 Å². The molecule has 0 spiro atoms. The maximum Gasteiger partial charge on any atom is 0.271 e. The average molecular weight is 405 g/mol. The highest BCUT2D eigenvalue weighted by molar-refractivity contribution is 5.64. The van der Waals surface area contributed by atoms with Crippen LogP contribution in [-0.4, -0.2) is 28.0 Å². The molecule has 3 aromatic rings. The van der Waals surface area contributed by atoms with Crippen LogP contribution in [0.25, 0.3) is 0 Å². The molecule has 4 rings (SSSR count). The van der Waals surface area contributed by atoms with Crippen molar-refractivity contribution in [2.45, 2.75) is 39.5 Å². The summed E-state index contributed by atoms with van der Waals surface area (Å²) >= 11 is 0. The Balaban J connectivity index is 1.57. The third-order valence-corrected chi connectivity index (χ3v) is 5.68. The molecule has 0 atom stereocenters. The molecule has 1 aliphatic heterocycles. The van der Waals surface area contributed by atoms with Crippen LogP contribution < -0.4 is 21.5 Å². The van der Waals surface area contributed by atoms with Gasteiger partial charge < -0.3 is 20.9 Å². The Kier molecular flexibility index (Phi) is 5.81. The van der Waals surface area contributed by atoms with E-state index >= 15 is 0 Å². The first kappa shape index (κ1) is 20.1. The first-order valence-electron chi connectivity index (χ1n) is 10.4. The lowest BCUT2D eigenvalue weighted by atomic mass is 9.86. The van der Waals surface area contributed by atoms with Gasteiger partial charge in [0, 0.05) is 23.6 Å². The zero-order valence-corrected chi connectivity index (χ0v) is 17.7. The van der Waals surface area contributed by atoms with Gasteiger partial charge in [-0.3, -0.25) is 4.79 Å². The molecular weight excluding hydrogens is 376 g/mol. The van der Waals surface area contributed by atoms with Gasteiger partial charge in [-0.25, -0.2) is 4.98 Å². The summed E-state index contributed by atoms with van der Waals surface area (Å²) in [5, 5.41) is 9.89. The number of hydrogen-bond donors (Lipinski definition) is 4. The summed E-state index contributed by atoms with van der Waals surface area (Å²) in [5.74, 6) is 1.71. The molecule has 1 aliphatic rings. The molecule has 0 saturated carbocycles. The van der Waals surface area contributed by atoms with Crippen LogP contribution in [0.4, 0.5) is 23.1 Å². The minimum atomic E-state index is -0.190. The van der Waals surface area contributed by atoms with Crippen molar-refractivity contribution in [2.75, 3.05) is 23.7 Å². The Labute approximate surface area is 176 Å². The molecule has 0 bridgehead atoms. The number of pyridine rings is 1. The molecule has 7 nitrogen and oxygen atoms in total.